The van der Waals surface area contributed by atoms with Gasteiger partial charge < -0.3 is 9.47 Å². The van der Waals surface area contributed by atoms with Crippen molar-refractivity contribution in [2.24, 2.45) is 23.7 Å². The fraction of sp³-hybridized carbons (Fsp3) is 0.692. The number of carbonyl (C=O) groups excluding carboxylic acids is 4. The van der Waals surface area contributed by atoms with Crippen molar-refractivity contribution in [3.63, 3.8) is 0 Å². The molecule has 0 aromatic carbocycles. The zero-order valence-corrected chi connectivity index (χ0v) is 10.9. The van der Waals surface area contributed by atoms with Crippen molar-refractivity contribution in [1.82, 2.24) is 0 Å². The van der Waals surface area contributed by atoms with E-state index in [1.54, 1.807) is 0 Å². The number of fused-ring (bicyclic) bond motifs is 2. The fourth-order valence-corrected chi connectivity index (χ4v) is 3.09. The summed E-state index contributed by atoms with van der Waals surface area (Å²) in [6, 6.07) is 0. The Labute approximate surface area is 110 Å². The molecule has 0 N–H and O–H groups in total. The van der Waals surface area contributed by atoms with Gasteiger partial charge in [0.2, 0.25) is 0 Å². The lowest BCUT2D eigenvalue weighted by Gasteiger charge is -2.38. The predicted molar refractivity (Wildman–Crippen MR) is 61.9 cm³/mol. The van der Waals surface area contributed by atoms with E-state index >= 15 is 0 Å². The molecule has 6 nitrogen and oxygen atoms in total. The monoisotopic (exact) mass is 268 g/mol. The Morgan fingerprint density at radius 1 is 0.895 bits per heavy atom. The Bertz CT molecular complexity index is 402. The quantitative estimate of drug-likeness (QED) is 0.522. The van der Waals surface area contributed by atoms with Crippen LogP contribution in [0.3, 0.4) is 0 Å². The molecule has 0 aromatic rings. The first-order valence-electron chi connectivity index (χ1n) is 6.22. The summed E-state index contributed by atoms with van der Waals surface area (Å²) in [5.74, 6) is -4.60. The maximum absolute atomic E-state index is 12.1. The van der Waals surface area contributed by atoms with Crippen molar-refractivity contribution in [2.75, 3.05) is 14.2 Å². The van der Waals surface area contributed by atoms with E-state index in [2.05, 4.69) is 9.47 Å². The van der Waals surface area contributed by atoms with E-state index < -0.39 is 41.3 Å². The molecule has 2 rings (SSSR count). The average molecular weight is 268 g/mol. The molecule has 2 unspecified atom stereocenters. The van der Waals surface area contributed by atoms with Gasteiger partial charge in [-0.05, 0) is 25.2 Å². The Balaban J connectivity index is 2.22. The molecular weight excluding hydrogens is 252 g/mol. The Morgan fingerprint density at radius 2 is 1.32 bits per heavy atom. The Hall–Kier alpha value is -1.72. The number of carbonyl (C=O) groups is 4. The highest BCUT2D eigenvalue weighted by Gasteiger charge is 2.51. The summed E-state index contributed by atoms with van der Waals surface area (Å²) in [4.78, 5) is 47.3. The van der Waals surface area contributed by atoms with Crippen LogP contribution in [0.25, 0.3) is 0 Å². The van der Waals surface area contributed by atoms with E-state index in [0.29, 0.717) is 19.3 Å². The normalized spacial score (nSPS) is 33.8. The highest BCUT2D eigenvalue weighted by Crippen LogP contribution is 2.41. The van der Waals surface area contributed by atoms with Crippen molar-refractivity contribution in [3.05, 3.63) is 0 Å². The Kier molecular flexibility index (Phi) is 3.68. The largest absolute Gasteiger partial charge is 0.468 e. The van der Waals surface area contributed by atoms with Gasteiger partial charge in [-0.3, -0.25) is 19.2 Å². The molecule has 2 atom stereocenters. The van der Waals surface area contributed by atoms with E-state index in [4.69, 9.17) is 0 Å². The van der Waals surface area contributed by atoms with Crippen LogP contribution in [-0.4, -0.2) is 37.7 Å². The topological polar surface area (TPSA) is 86.7 Å². The van der Waals surface area contributed by atoms with Crippen LogP contribution >= 0.6 is 0 Å². The molecule has 0 radical (unpaired) electrons. The van der Waals surface area contributed by atoms with E-state index in [9.17, 15) is 19.2 Å². The molecule has 0 heterocycles. The van der Waals surface area contributed by atoms with Gasteiger partial charge in [-0.1, -0.05) is 0 Å². The third kappa shape index (κ3) is 2.27. The molecule has 2 aliphatic carbocycles. The average Bonchev–Trinajstić information content (AvgIpc) is 2.43. The van der Waals surface area contributed by atoms with Gasteiger partial charge in [0.25, 0.3) is 0 Å². The number of rotatable bonds is 2. The van der Waals surface area contributed by atoms with E-state index in [-0.39, 0.29) is 5.92 Å². The van der Waals surface area contributed by atoms with Crippen LogP contribution in [0.1, 0.15) is 19.3 Å². The summed E-state index contributed by atoms with van der Waals surface area (Å²) in [5, 5.41) is 0. The van der Waals surface area contributed by atoms with Gasteiger partial charge in [0.1, 0.15) is 11.8 Å². The molecule has 0 aliphatic heterocycles. The second kappa shape index (κ2) is 5.11. The van der Waals surface area contributed by atoms with Gasteiger partial charge in [-0.2, -0.15) is 0 Å². The van der Waals surface area contributed by atoms with Gasteiger partial charge in [0.05, 0.1) is 20.1 Å². The van der Waals surface area contributed by atoms with Gasteiger partial charge in [-0.15, -0.1) is 0 Å². The summed E-state index contributed by atoms with van der Waals surface area (Å²) < 4.78 is 9.19. The summed E-state index contributed by atoms with van der Waals surface area (Å²) in [6.07, 6.45) is 1.13. The summed E-state index contributed by atoms with van der Waals surface area (Å²) in [7, 11) is 2.44. The summed E-state index contributed by atoms with van der Waals surface area (Å²) >= 11 is 0. The fourth-order valence-electron chi connectivity index (χ4n) is 3.09. The highest BCUT2D eigenvalue weighted by molar-refractivity contribution is 6.15. The van der Waals surface area contributed by atoms with E-state index in [1.807, 2.05) is 0 Å². The molecule has 0 spiro atoms. The number of hydrogen-bond acceptors (Lipinski definition) is 6. The SMILES string of the molecule is COC(=O)C1CC2CC(C(=O)OC)C(=O)C(C2)C1=O. The highest BCUT2D eigenvalue weighted by atomic mass is 16.5. The van der Waals surface area contributed by atoms with Gasteiger partial charge in [-0.25, -0.2) is 0 Å². The standard InChI is InChI=1S/C13H16O6/c1-18-12(16)8-4-6-3-7(10(8)14)11(15)9(5-6)13(17)19-2/h6-9H,3-5H2,1-2H3. The van der Waals surface area contributed by atoms with Crippen LogP contribution in [0.2, 0.25) is 0 Å². The van der Waals surface area contributed by atoms with Gasteiger partial charge in [0, 0.05) is 0 Å². The Morgan fingerprint density at radius 3 is 1.68 bits per heavy atom. The second-order valence-corrected chi connectivity index (χ2v) is 5.08. The molecule has 0 aromatic heterocycles. The maximum atomic E-state index is 12.1. The second-order valence-electron chi connectivity index (χ2n) is 5.08. The number of esters is 2. The molecule has 2 bridgehead atoms. The van der Waals surface area contributed by atoms with E-state index in [1.165, 1.54) is 14.2 Å². The van der Waals surface area contributed by atoms with Crippen LogP contribution in [-0.2, 0) is 28.7 Å². The first-order chi connectivity index (χ1) is 8.99. The summed E-state index contributed by atoms with van der Waals surface area (Å²) in [5.41, 5.74) is 0. The molecule has 0 saturated heterocycles. The third-order valence-corrected chi connectivity index (χ3v) is 4.05. The number of ketones is 2. The maximum Gasteiger partial charge on any atom is 0.316 e. The van der Waals surface area contributed by atoms with Crippen LogP contribution in [0.5, 0.6) is 0 Å². The smallest absolute Gasteiger partial charge is 0.316 e. The van der Waals surface area contributed by atoms with Crippen molar-refractivity contribution < 1.29 is 28.7 Å². The van der Waals surface area contributed by atoms with Gasteiger partial charge >= 0.3 is 11.9 Å². The van der Waals surface area contributed by atoms with Crippen LogP contribution in [0.4, 0.5) is 0 Å². The van der Waals surface area contributed by atoms with Crippen molar-refractivity contribution in [3.8, 4) is 0 Å². The minimum Gasteiger partial charge on any atom is -0.468 e. The van der Waals surface area contributed by atoms with Crippen molar-refractivity contribution in [1.29, 1.82) is 0 Å². The zero-order chi connectivity index (χ0) is 14.2. The minimum atomic E-state index is -0.865. The third-order valence-electron chi connectivity index (χ3n) is 4.05. The molecule has 2 saturated carbocycles. The lowest BCUT2D eigenvalue weighted by Crippen LogP contribution is -2.49. The first-order valence-corrected chi connectivity index (χ1v) is 6.22. The van der Waals surface area contributed by atoms with Crippen molar-refractivity contribution >= 4 is 23.5 Å². The lowest BCUT2D eigenvalue weighted by molar-refractivity contribution is -0.160. The first kappa shape index (κ1) is 13.7. The summed E-state index contributed by atoms with van der Waals surface area (Å²) in [6.45, 7) is 0. The number of Topliss-reactive ketones (excluding diaryl/α,β-unsaturated/α-hetero) is 2. The lowest BCUT2D eigenvalue weighted by atomic mass is 9.63. The zero-order valence-electron chi connectivity index (χ0n) is 10.9. The van der Waals surface area contributed by atoms with Crippen LogP contribution in [0, 0.1) is 23.7 Å². The van der Waals surface area contributed by atoms with Crippen LogP contribution < -0.4 is 0 Å². The number of ether oxygens (including phenoxy) is 2. The minimum absolute atomic E-state index is 0.00796. The molecular formula is C13H16O6. The molecule has 19 heavy (non-hydrogen) atoms. The molecule has 0 amide bonds. The number of methoxy groups -OCH3 is 2. The number of hydrogen-bond donors (Lipinski definition) is 0. The molecule has 6 heteroatoms. The molecule has 2 fully saturated rings. The molecule has 104 valence electrons. The predicted octanol–water partition coefficient (Wildman–Crippen LogP) is 0.133. The van der Waals surface area contributed by atoms with Crippen molar-refractivity contribution in [2.45, 2.75) is 19.3 Å². The van der Waals surface area contributed by atoms with E-state index in [0.717, 1.165) is 0 Å². The molecule has 2 aliphatic rings. The van der Waals surface area contributed by atoms with Gasteiger partial charge in [0.15, 0.2) is 11.6 Å². The van der Waals surface area contributed by atoms with Crippen LogP contribution in [0.15, 0.2) is 0 Å².